The predicted molar refractivity (Wildman–Crippen MR) is 54.4 cm³/mol. The van der Waals surface area contributed by atoms with Gasteiger partial charge in [0.25, 0.3) is 0 Å². The van der Waals surface area contributed by atoms with Gasteiger partial charge in [-0.1, -0.05) is 19.1 Å². The van der Waals surface area contributed by atoms with Crippen LogP contribution in [0, 0.1) is 5.92 Å². The zero-order valence-corrected chi connectivity index (χ0v) is 8.67. The van der Waals surface area contributed by atoms with E-state index in [1.54, 1.807) is 0 Å². The maximum absolute atomic E-state index is 10.5. The van der Waals surface area contributed by atoms with E-state index in [-0.39, 0.29) is 5.97 Å². The summed E-state index contributed by atoms with van der Waals surface area (Å²) in [7, 11) is 0. The number of allylic oxidation sites excluding steroid dienone is 2. The summed E-state index contributed by atoms with van der Waals surface area (Å²) < 4.78 is 4.85. The van der Waals surface area contributed by atoms with Crippen LogP contribution in [0.2, 0.25) is 0 Å². The molecule has 1 atom stereocenters. The van der Waals surface area contributed by atoms with Crippen LogP contribution < -0.4 is 0 Å². The maximum Gasteiger partial charge on any atom is 0.302 e. The lowest BCUT2D eigenvalue weighted by Crippen LogP contribution is -2.02. The molecular weight excluding hydrogens is 164 g/mol. The molecule has 0 heterocycles. The lowest BCUT2D eigenvalue weighted by Gasteiger charge is -2.05. The second kappa shape index (κ2) is 6.46. The van der Waals surface area contributed by atoms with Crippen LogP contribution in [0.3, 0.4) is 0 Å². The van der Waals surface area contributed by atoms with Crippen LogP contribution in [0.4, 0.5) is 0 Å². The molecule has 74 valence electrons. The second-order valence-corrected chi connectivity index (χ2v) is 3.29. The molecule has 13 heavy (non-hydrogen) atoms. The van der Waals surface area contributed by atoms with Gasteiger partial charge in [0.15, 0.2) is 0 Å². The Kier molecular flexibility index (Phi) is 5.94. The van der Waals surface area contributed by atoms with E-state index >= 15 is 0 Å². The van der Waals surface area contributed by atoms with Crippen molar-refractivity contribution in [1.29, 1.82) is 0 Å². The number of hydrogen-bond acceptors (Lipinski definition) is 2. The molecular formula is C11H18O2. The summed E-state index contributed by atoms with van der Waals surface area (Å²) in [6.45, 7) is 9.56. The van der Waals surface area contributed by atoms with Crippen molar-refractivity contribution < 1.29 is 9.53 Å². The van der Waals surface area contributed by atoms with Gasteiger partial charge in [-0.3, -0.25) is 4.79 Å². The van der Waals surface area contributed by atoms with Gasteiger partial charge >= 0.3 is 5.97 Å². The first kappa shape index (κ1) is 11.9. The SMILES string of the molecule is C=CCC(C)/C=C(\C)COC(C)=O. The number of ether oxygens (including phenoxy) is 1. The third-order valence-electron chi connectivity index (χ3n) is 1.61. The Morgan fingerprint density at radius 2 is 2.15 bits per heavy atom. The Morgan fingerprint density at radius 3 is 2.62 bits per heavy atom. The molecule has 0 radical (unpaired) electrons. The first-order chi connectivity index (χ1) is 6.06. The van der Waals surface area contributed by atoms with Crippen LogP contribution in [0.15, 0.2) is 24.3 Å². The van der Waals surface area contributed by atoms with Crippen molar-refractivity contribution in [1.82, 2.24) is 0 Å². The smallest absolute Gasteiger partial charge is 0.302 e. The molecule has 0 saturated carbocycles. The normalized spacial score (nSPS) is 13.6. The van der Waals surface area contributed by atoms with E-state index in [0.717, 1.165) is 12.0 Å². The van der Waals surface area contributed by atoms with Gasteiger partial charge in [-0.2, -0.15) is 0 Å². The van der Waals surface area contributed by atoms with Crippen LogP contribution in [0.5, 0.6) is 0 Å². The summed E-state index contributed by atoms with van der Waals surface area (Å²) >= 11 is 0. The average Bonchev–Trinajstić information content (AvgIpc) is 2.01. The molecule has 0 fully saturated rings. The molecule has 0 bridgehead atoms. The highest BCUT2D eigenvalue weighted by atomic mass is 16.5. The summed E-state index contributed by atoms with van der Waals surface area (Å²) in [6, 6.07) is 0. The molecule has 0 rings (SSSR count). The zero-order chi connectivity index (χ0) is 10.3. The predicted octanol–water partition coefficient (Wildman–Crippen LogP) is 2.71. The van der Waals surface area contributed by atoms with Crippen molar-refractivity contribution >= 4 is 5.97 Å². The third kappa shape index (κ3) is 7.32. The third-order valence-corrected chi connectivity index (χ3v) is 1.61. The van der Waals surface area contributed by atoms with Crippen LogP contribution in [0.1, 0.15) is 27.2 Å². The van der Waals surface area contributed by atoms with Gasteiger partial charge in [0.2, 0.25) is 0 Å². The molecule has 0 aromatic carbocycles. The summed E-state index contributed by atoms with van der Waals surface area (Å²) in [4.78, 5) is 10.5. The fraction of sp³-hybridized carbons (Fsp3) is 0.545. The molecule has 0 aromatic rings. The van der Waals surface area contributed by atoms with Gasteiger partial charge in [0.05, 0.1) is 0 Å². The molecule has 0 aliphatic heterocycles. The fourth-order valence-electron chi connectivity index (χ4n) is 1.08. The van der Waals surface area contributed by atoms with Gasteiger partial charge in [-0.15, -0.1) is 6.58 Å². The van der Waals surface area contributed by atoms with Gasteiger partial charge in [0, 0.05) is 6.92 Å². The Balaban J connectivity index is 3.85. The molecule has 0 spiro atoms. The second-order valence-electron chi connectivity index (χ2n) is 3.29. The molecule has 0 aliphatic carbocycles. The molecule has 0 amide bonds. The number of rotatable bonds is 5. The van der Waals surface area contributed by atoms with E-state index in [1.165, 1.54) is 6.92 Å². The number of carbonyl (C=O) groups excluding carboxylic acids is 1. The Morgan fingerprint density at radius 1 is 1.54 bits per heavy atom. The first-order valence-electron chi connectivity index (χ1n) is 4.47. The minimum atomic E-state index is -0.232. The van der Waals surface area contributed by atoms with Gasteiger partial charge in [0.1, 0.15) is 6.61 Å². The molecule has 1 unspecified atom stereocenters. The topological polar surface area (TPSA) is 26.3 Å². The molecule has 0 aliphatic rings. The van der Waals surface area contributed by atoms with Crippen molar-refractivity contribution in [3.63, 3.8) is 0 Å². The Hall–Kier alpha value is -1.05. The highest BCUT2D eigenvalue weighted by molar-refractivity contribution is 5.66. The highest BCUT2D eigenvalue weighted by Gasteiger charge is 1.98. The van der Waals surface area contributed by atoms with Gasteiger partial charge in [-0.25, -0.2) is 0 Å². The maximum atomic E-state index is 10.5. The minimum Gasteiger partial charge on any atom is -0.461 e. The standard InChI is InChI=1S/C11H18O2/c1-5-6-9(2)7-10(3)8-13-11(4)12/h5,7,9H,1,6,8H2,2-4H3/b10-7+. The zero-order valence-electron chi connectivity index (χ0n) is 8.67. The fourth-order valence-corrected chi connectivity index (χ4v) is 1.08. The van der Waals surface area contributed by atoms with Crippen LogP contribution in [-0.4, -0.2) is 12.6 Å². The molecule has 2 heteroatoms. The van der Waals surface area contributed by atoms with Crippen molar-refractivity contribution in [3.05, 3.63) is 24.3 Å². The van der Waals surface area contributed by atoms with E-state index in [4.69, 9.17) is 4.74 Å². The minimum absolute atomic E-state index is 0.232. The van der Waals surface area contributed by atoms with Gasteiger partial charge < -0.3 is 4.74 Å². The summed E-state index contributed by atoms with van der Waals surface area (Å²) in [5.41, 5.74) is 1.09. The van der Waals surface area contributed by atoms with Crippen molar-refractivity contribution in [3.8, 4) is 0 Å². The lowest BCUT2D eigenvalue weighted by atomic mass is 10.1. The van der Waals surface area contributed by atoms with Crippen molar-refractivity contribution in [2.24, 2.45) is 5.92 Å². The summed E-state index contributed by atoms with van der Waals surface area (Å²) in [5.74, 6) is 0.234. The first-order valence-corrected chi connectivity index (χ1v) is 4.47. The van der Waals surface area contributed by atoms with E-state index in [9.17, 15) is 4.79 Å². The number of hydrogen-bond donors (Lipinski definition) is 0. The summed E-state index contributed by atoms with van der Waals surface area (Å²) in [5, 5.41) is 0. The number of carbonyl (C=O) groups is 1. The molecule has 2 nitrogen and oxygen atoms in total. The van der Waals surface area contributed by atoms with Crippen LogP contribution in [-0.2, 0) is 9.53 Å². The van der Waals surface area contributed by atoms with Crippen LogP contribution >= 0.6 is 0 Å². The van der Waals surface area contributed by atoms with Gasteiger partial charge in [-0.05, 0) is 24.8 Å². The monoisotopic (exact) mass is 182 g/mol. The van der Waals surface area contributed by atoms with E-state index in [2.05, 4.69) is 19.6 Å². The van der Waals surface area contributed by atoms with Crippen molar-refractivity contribution in [2.45, 2.75) is 27.2 Å². The highest BCUT2D eigenvalue weighted by Crippen LogP contribution is 2.07. The Labute approximate surface area is 80.3 Å². The number of esters is 1. The average molecular weight is 182 g/mol. The van der Waals surface area contributed by atoms with Crippen molar-refractivity contribution in [2.75, 3.05) is 6.61 Å². The van der Waals surface area contributed by atoms with E-state index < -0.39 is 0 Å². The molecule has 0 N–H and O–H groups in total. The van der Waals surface area contributed by atoms with E-state index in [0.29, 0.717) is 12.5 Å². The quantitative estimate of drug-likeness (QED) is 0.482. The summed E-state index contributed by atoms with van der Waals surface area (Å²) in [6.07, 6.45) is 4.95. The molecule has 0 saturated heterocycles. The largest absolute Gasteiger partial charge is 0.461 e. The van der Waals surface area contributed by atoms with Crippen LogP contribution in [0.25, 0.3) is 0 Å². The Bertz CT molecular complexity index is 204. The molecule has 0 aromatic heterocycles. The lowest BCUT2D eigenvalue weighted by molar-refractivity contribution is -0.139. The van der Waals surface area contributed by atoms with E-state index in [1.807, 2.05) is 13.0 Å².